The Morgan fingerprint density at radius 1 is 1.25 bits per heavy atom. The molecule has 0 saturated carbocycles. The highest BCUT2D eigenvalue weighted by atomic mass is 32.2. The van der Waals surface area contributed by atoms with E-state index in [0.29, 0.717) is 17.9 Å². The third-order valence-electron chi connectivity index (χ3n) is 2.80. The van der Waals surface area contributed by atoms with Crippen molar-refractivity contribution in [2.24, 2.45) is 5.92 Å². The lowest BCUT2D eigenvalue weighted by Crippen LogP contribution is -2.24. The molecule has 1 aromatic carbocycles. The van der Waals surface area contributed by atoms with Gasteiger partial charge in [-0.15, -0.1) is 0 Å². The van der Waals surface area contributed by atoms with Gasteiger partial charge in [-0.25, -0.2) is 8.42 Å². The Hall–Kier alpha value is -2.09. The summed E-state index contributed by atoms with van der Waals surface area (Å²) in [5, 5.41) is 5.28. The van der Waals surface area contributed by atoms with Crippen molar-refractivity contribution < 1.29 is 18.0 Å². The smallest absolute Gasteiger partial charge is 0.229 e. The van der Waals surface area contributed by atoms with Crippen LogP contribution in [-0.4, -0.2) is 33.0 Å². The summed E-state index contributed by atoms with van der Waals surface area (Å²) in [6, 6.07) is 6.29. The highest BCUT2D eigenvalue weighted by Crippen LogP contribution is 2.17. The van der Waals surface area contributed by atoms with E-state index in [1.807, 2.05) is 0 Å². The molecule has 7 nitrogen and oxygen atoms in total. The minimum absolute atomic E-state index is 0.127. The Morgan fingerprint density at radius 3 is 2.35 bits per heavy atom. The number of nitrogens with one attached hydrogen (secondary N) is 3. The molecule has 2 rings (SSSR count). The van der Waals surface area contributed by atoms with Crippen molar-refractivity contribution in [3.63, 3.8) is 0 Å². The average molecular weight is 297 g/mol. The largest absolute Gasteiger partial charge is 0.355 e. The zero-order valence-electron chi connectivity index (χ0n) is 10.8. The number of hydrogen-bond acceptors (Lipinski definition) is 4. The van der Waals surface area contributed by atoms with Crippen molar-refractivity contribution in [2.75, 3.05) is 22.8 Å². The van der Waals surface area contributed by atoms with Crippen LogP contribution in [0.4, 0.5) is 11.4 Å². The van der Waals surface area contributed by atoms with E-state index in [0.717, 1.165) is 6.26 Å². The summed E-state index contributed by atoms with van der Waals surface area (Å²) in [6.07, 6.45) is 1.26. The van der Waals surface area contributed by atoms with Gasteiger partial charge in [-0.2, -0.15) is 0 Å². The summed E-state index contributed by atoms with van der Waals surface area (Å²) in [7, 11) is -3.32. The molecule has 0 aromatic heterocycles. The molecular weight excluding hydrogens is 282 g/mol. The maximum absolute atomic E-state index is 11.9. The number of sulfonamides is 1. The fourth-order valence-electron chi connectivity index (χ4n) is 1.87. The third kappa shape index (κ3) is 3.95. The number of rotatable bonds is 4. The Bertz CT molecular complexity index is 625. The number of anilines is 2. The van der Waals surface area contributed by atoms with Crippen LogP contribution < -0.4 is 15.4 Å². The van der Waals surface area contributed by atoms with Gasteiger partial charge in [0.2, 0.25) is 21.8 Å². The molecule has 1 aliphatic rings. The second-order valence-corrected chi connectivity index (χ2v) is 6.39. The van der Waals surface area contributed by atoms with E-state index in [1.54, 1.807) is 24.3 Å². The molecule has 0 radical (unpaired) electrons. The maximum atomic E-state index is 11.9. The first kappa shape index (κ1) is 14.3. The zero-order chi connectivity index (χ0) is 14.8. The average Bonchev–Trinajstić information content (AvgIpc) is 2.77. The molecule has 108 valence electrons. The molecule has 0 spiro atoms. The minimum Gasteiger partial charge on any atom is -0.355 e. The van der Waals surface area contributed by atoms with Crippen LogP contribution in [0.1, 0.15) is 6.42 Å². The summed E-state index contributed by atoms with van der Waals surface area (Å²) in [6.45, 7) is 0.346. The molecule has 1 aliphatic heterocycles. The highest BCUT2D eigenvalue weighted by Gasteiger charge is 2.27. The van der Waals surface area contributed by atoms with Crippen LogP contribution in [-0.2, 0) is 19.6 Å². The molecule has 1 saturated heterocycles. The van der Waals surface area contributed by atoms with Crippen molar-refractivity contribution in [1.82, 2.24) is 5.32 Å². The van der Waals surface area contributed by atoms with E-state index >= 15 is 0 Å². The topological polar surface area (TPSA) is 104 Å². The fourth-order valence-corrected chi connectivity index (χ4v) is 2.43. The Kier molecular flexibility index (Phi) is 3.93. The van der Waals surface area contributed by atoms with Crippen molar-refractivity contribution in [1.29, 1.82) is 0 Å². The molecule has 20 heavy (non-hydrogen) atoms. The number of hydrogen-bond donors (Lipinski definition) is 3. The van der Waals surface area contributed by atoms with E-state index in [1.165, 1.54) is 0 Å². The number of amides is 2. The second kappa shape index (κ2) is 5.49. The molecule has 8 heteroatoms. The molecular formula is C12H15N3O4S. The SMILES string of the molecule is CS(=O)(=O)Nc1ccc(NC(=O)C2CNC(=O)C2)cc1. The lowest BCUT2D eigenvalue weighted by Gasteiger charge is -2.10. The standard InChI is InChI=1S/C12H15N3O4S/c1-20(18,19)15-10-4-2-9(3-5-10)14-12(17)8-6-11(16)13-7-8/h2-5,8,15H,6-7H2,1H3,(H,13,16)(H,14,17). The maximum Gasteiger partial charge on any atom is 0.229 e. The van der Waals surface area contributed by atoms with Crippen LogP contribution in [0.3, 0.4) is 0 Å². The fraction of sp³-hybridized carbons (Fsp3) is 0.333. The van der Waals surface area contributed by atoms with Crippen LogP contribution in [0.5, 0.6) is 0 Å². The molecule has 0 aliphatic carbocycles. The van der Waals surface area contributed by atoms with Gasteiger partial charge in [0.05, 0.1) is 12.2 Å². The normalized spacial score (nSPS) is 18.4. The van der Waals surface area contributed by atoms with Gasteiger partial charge in [0.1, 0.15) is 0 Å². The highest BCUT2D eigenvalue weighted by molar-refractivity contribution is 7.92. The lowest BCUT2D eigenvalue weighted by molar-refractivity contribution is -0.123. The van der Waals surface area contributed by atoms with Gasteiger partial charge in [0.15, 0.2) is 0 Å². The summed E-state index contributed by atoms with van der Waals surface area (Å²) in [5.41, 5.74) is 0.969. The Balaban J connectivity index is 1.97. The van der Waals surface area contributed by atoms with Crippen LogP contribution in [0.25, 0.3) is 0 Å². The minimum atomic E-state index is -3.32. The summed E-state index contributed by atoms with van der Waals surface area (Å²) in [4.78, 5) is 22.9. The molecule has 1 heterocycles. The van der Waals surface area contributed by atoms with Gasteiger partial charge in [0, 0.05) is 24.3 Å². The third-order valence-corrected chi connectivity index (χ3v) is 3.41. The Morgan fingerprint density at radius 2 is 1.85 bits per heavy atom. The molecule has 1 aromatic rings. The zero-order valence-corrected chi connectivity index (χ0v) is 11.7. The van der Waals surface area contributed by atoms with Crippen LogP contribution in [0.2, 0.25) is 0 Å². The first-order valence-corrected chi connectivity index (χ1v) is 7.88. The molecule has 1 fully saturated rings. The van der Waals surface area contributed by atoms with Crippen molar-refractivity contribution >= 4 is 33.2 Å². The summed E-state index contributed by atoms with van der Waals surface area (Å²) < 4.78 is 24.4. The van der Waals surface area contributed by atoms with Gasteiger partial charge in [0.25, 0.3) is 0 Å². The Labute approximate surface area is 116 Å². The van der Waals surface area contributed by atoms with E-state index in [-0.39, 0.29) is 24.2 Å². The van der Waals surface area contributed by atoms with Crippen molar-refractivity contribution in [2.45, 2.75) is 6.42 Å². The summed E-state index contributed by atoms with van der Waals surface area (Å²) >= 11 is 0. The number of carbonyl (C=O) groups excluding carboxylic acids is 2. The quantitative estimate of drug-likeness (QED) is 0.735. The second-order valence-electron chi connectivity index (χ2n) is 4.65. The van der Waals surface area contributed by atoms with E-state index in [9.17, 15) is 18.0 Å². The predicted octanol–water partition coefficient (Wildman–Crippen LogP) is 0.133. The van der Waals surface area contributed by atoms with Gasteiger partial charge < -0.3 is 10.6 Å². The van der Waals surface area contributed by atoms with E-state index in [2.05, 4.69) is 15.4 Å². The van der Waals surface area contributed by atoms with Crippen LogP contribution >= 0.6 is 0 Å². The number of benzene rings is 1. The first-order chi connectivity index (χ1) is 9.33. The monoisotopic (exact) mass is 297 g/mol. The van der Waals surface area contributed by atoms with E-state index in [4.69, 9.17) is 0 Å². The predicted molar refractivity (Wildman–Crippen MR) is 74.7 cm³/mol. The van der Waals surface area contributed by atoms with Gasteiger partial charge >= 0.3 is 0 Å². The molecule has 1 atom stereocenters. The van der Waals surface area contributed by atoms with Crippen LogP contribution in [0, 0.1) is 5.92 Å². The lowest BCUT2D eigenvalue weighted by atomic mass is 10.1. The van der Waals surface area contributed by atoms with Crippen LogP contribution in [0.15, 0.2) is 24.3 Å². The van der Waals surface area contributed by atoms with Gasteiger partial charge in [-0.05, 0) is 24.3 Å². The van der Waals surface area contributed by atoms with E-state index < -0.39 is 10.0 Å². The summed E-state index contributed by atoms with van der Waals surface area (Å²) in [5.74, 6) is -0.721. The van der Waals surface area contributed by atoms with Gasteiger partial charge in [-0.3, -0.25) is 14.3 Å². The number of carbonyl (C=O) groups is 2. The van der Waals surface area contributed by atoms with Crippen molar-refractivity contribution in [3.8, 4) is 0 Å². The first-order valence-electron chi connectivity index (χ1n) is 5.99. The molecule has 1 unspecified atom stereocenters. The molecule has 0 bridgehead atoms. The van der Waals surface area contributed by atoms with Gasteiger partial charge in [-0.1, -0.05) is 0 Å². The van der Waals surface area contributed by atoms with Crippen molar-refractivity contribution in [3.05, 3.63) is 24.3 Å². The molecule has 2 amide bonds. The molecule has 3 N–H and O–H groups in total.